The van der Waals surface area contributed by atoms with Crippen molar-refractivity contribution < 1.29 is 9.57 Å². The van der Waals surface area contributed by atoms with Gasteiger partial charge in [0, 0.05) is 61.7 Å². The highest BCUT2D eigenvalue weighted by Crippen LogP contribution is 2.37. The molecule has 9 nitrogen and oxygen atoms in total. The van der Waals surface area contributed by atoms with E-state index in [4.69, 9.17) is 37.8 Å². The van der Waals surface area contributed by atoms with Crippen molar-refractivity contribution in [3.8, 4) is 11.3 Å². The van der Waals surface area contributed by atoms with Crippen molar-refractivity contribution in [3.63, 3.8) is 0 Å². The lowest BCUT2D eigenvalue weighted by Crippen LogP contribution is -2.43. The second-order valence-corrected chi connectivity index (χ2v) is 9.25. The van der Waals surface area contributed by atoms with Gasteiger partial charge < -0.3 is 25.1 Å². The van der Waals surface area contributed by atoms with E-state index in [0.29, 0.717) is 33.3 Å². The van der Waals surface area contributed by atoms with Gasteiger partial charge in [-0.2, -0.15) is 4.98 Å². The van der Waals surface area contributed by atoms with Gasteiger partial charge in [0.1, 0.15) is 6.61 Å². The van der Waals surface area contributed by atoms with Crippen molar-refractivity contribution >= 4 is 51.6 Å². The molecule has 2 N–H and O–H groups in total. The first-order chi connectivity index (χ1) is 18.0. The van der Waals surface area contributed by atoms with Gasteiger partial charge in [-0.05, 0) is 42.5 Å². The minimum absolute atomic E-state index is 0.165. The van der Waals surface area contributed by atoms with E-state index in [-0.39, 0.29) is 23.8 Å². The monoisotopic (exact) mass is 540 g/mol. The van der Waals surface area contributed by atoms with Crippen molar-refractivity contribution in [3.05, 3.63) is 75.0 Å². The Hall–Kier alpha value is -3.37. The van der Waals surface area contributed by atoms with Crippen molar-refractivity contribution in [2.45, 2.75) is 0 Å². The Morgan fingerprint density at radius 2 is 1.70 bits per heavy atom. The van der Waals surface area contributed by atoms with E-state index in [9.17, 15) is 4.79 Å². The number of pyridine rings is 1. The number of nitrogens with one attached hydrogen (secondary N) is 2. The van der Waals surface area contributed by atoms with Crippen LogP contribution in [0.4, 0.5) is 17.3 Å². The molecule has 1 saturated heterocycles. The van der Waals surface area contributed by atoms with Gasteiger partial charge in [0.25, 0.3) is 5.56 Å². The number of hydrogen-bond donors (Lipinski definition) is 2. The smallest absolute Gasteiger partial charge is 0.285 e. The number of hydrogen-bond acceptors (Lipinski definition) is 8. The van der Waals surface area contributed by atoms with Crippen LogP contribution in [0.5, 0.6) is 0 Å². The van der Waals surface area contributed by atoms with Crippen LogP contribution in [-0.2, 0) is 4.74 Å². The lowest BCUT2D eigenvalue weighted by molar-refractivity contribution is 0.0582. The first kappa shape index (κ1) is 25.3. The fraction of sp³-hybridized carbons (Fsp3) is 0.269. The minimum Gasteiger partial charge on any atom is -0.406 e. The molecule has 4 aromatic rings. The van der Waals surface area contributed by atoms with Gasteiger partial charge in [-0.25, -0.2) is 4.98 Å². The van der Waals surface area contributed by atoms with Gasteiger partial charge in [0.15, 0.2) is 5.65 Å². The Labute approximate surface area is 223 Å². The van der Waals surface area contributed by atoms with E-state index in [1.54, 1.807) is 31.4 Å². The summed E-state index contributed by atoms with van der Waals surface area (Å²) in [7, 11) is 1.56. The van der Waals surface area contributed by atoms with Crippen LogP contribution < -0.4 is 25.9 Å². The fourth-order valence-electron chi connectivity index (χ4n) is 4.21. The quantitative estimate of drug-likeness (QED) is 0.324. The highest BCUT2D eigenvalue weighted by molar-refractivity contribution is 6.39. The summed E-state index contributed by atoms with van der Waals surface area (Å²) in [5.41, 5.74) is 2.87. The van der Waals surface area contributed by atoms with E-state index < -0.39 is 0 Å². The van der Waals surface area contributed by atoms with E-state index in [0.717, 1.165) is 42.3 Å². The summed E-state index contributed by atoms with van der Waals surface area (Å²) in [6.07, 6.45) is 0. The zero-order valence-corrected chi connectivity index (χ0v) is 21.7. The fourth-order valence-corrected chi connectivity index (χ4v) is 4.78. The molecule has 3 heterocycles. The van der Waals surface area contributed by atoms with Crippen molar-refractivity contribution in [2.75, 3.05) is 56.7 Å². The maximum Gasteiger partial charge on any atom is 0.285 e. The molecular formula is C26H26Cl2N6O3. The molecule has 0 spiro atoms. The number of nitrogens with zero attached hydrogens (tertiary/aromatic N) is 4. The van der Waals surface area contributed by atoms with Crippen molar-refractivity contribution in [1.29, 1.82) is 0 Å². The van der Waals surface area contributed by atoms with E-state index in [2.05, 4.69) is 32.7 Å². The molecule has 0 unspecified atom stereocenters. The predicted octanol–water partition coefficient (Wildman–Crippen LogP) is 3.99. The Morgan fingerprint density at radius 3 is 2.41 bits per heavy atom. The maximum absolute atomic E-state index is 12.7. The van der Waals surface area contributed by atoms with Crippen LogP contribution >= 0.6 is 23.2 Å². The van der Waals surface area contributed by atoms with Crippen LogP contribution in [0.2, 0.25) is 10.0 Å². The van der Waals surface area contributed by atoms with Crippen molar-refractivity contribution in [1.82, 2.24) is 20.0 Å². The second kappa shape index (κ2) is 11.4. The molecule has 0 atom stereocenters. The molecule has 1 aliphatic rings. The molecule has 0 bridgehead atoms. The minimum atomic E-state index is -0.371. The Balaban J connectivity index is 1.58. The summed E-state index contributed by atoms with van der Waals surface area (Å²) in [5.74, 6) is 0.267. The Kier molecular flexibility index (Phi) is 7.76. The summed E-state index contributed by atoms with van der Waals surface area (Å²) in [4.78, 5) is 30.2. The third-order valence-electron chi connectivity index (χ3n) is 6.02. The molecule has 0 aliphatic carbocycles. The average Bonchev–Trinajstić information content (AvgIpc) is 2.91. The molecule has 11 heteroatoms. The summed E-state index contributed by atoms with van der Waals surface area (Å²) >= 11 is 13.1. The first-order valence-corrected chi connectivity index (χ1v) is 12.6. The zero-order chi connectivity index (χ0) is 25.8. The number of piperazine rings is 1. The predicted molar refractivity (Wildman–Crippen MR) is 147 cm³/mol. The molecule has 0 saturated carbocycles. The Bertz CT molecular complexity index is 1440. The molecule has 192 valence electrons. The third kappa shape index (κ3) is 5.50. The molecule has 1 aliphatic heterocycles. The molecule has 2 aromatic heterocycles. The van der Waals surface area contributed by atoms with Crippen LogP contribution in [0, 0.1) is 0 Å². The lowest BCUT2D eigenvalue weighted by atomic mass is 10.1. The van der Waals surface area contributed by atoms with Gasteiger partial charge in [-0.15, -0.1) is 4.73 Å². The first-order valence-electron chi connectivity index (χ1n) is 11.9. The summed E-state index contributed by atoms with van der Waals surface area (Å²) in [5, 5.41) is 8.03. The van der Waals surface area contributed by atoms with Crippen LogP contribution in [0.3, 0.4) is 0 Å². The largest absolute Gasteiger partial charge is 0.406 e. The van der Waals surface area contributed by atoms with Gasteiger partial charge in [-0.1, -0.05) is 29.3 Å². The molecule has 0 amide bonds. The van der Waals surface area contributed by atoms with Gasteiger partial charge in [-0.3, -0.25) is 4.79 Å². The summed E-state index contributed by atoms with van der Waals surface area (Å²) in [6, 6.07) is 16.4. The molecular weight excluding hydrogens is 515 g/mol. The molecule has 1 fully saturated rings. The number of anilines is 3. The van der Waals surface area contributed by atoms with Crippen LogP contribution in [-0.4, -0.2) is 61.2 Å². The number of rotatable bonds is 8. The highest BCUT2D eigenvalue weighted by atomic mass is 35.5. The Morgan fingerprint density at radius 1 is 0.973 bits per heavy atom. The van der Waals surface area contributed by atoms with E-state index in [1.165, 1.54) is 6.07 Å². The summed E-state index contributed by atoms with van der Waals surface area (Å²) < 4.78 is 6.21. The number of ether oxygens (including phenoxy) is 1. The second-order valence-electron chi connectivity index (χ2n) is 8.43. The number of methoxy groups -OCH3 is 1. The maximum atomic E-state index is 12.7. The standard InChI is InChI=1S/C26H26Cl2N6O3/c1-36-15-16-37-34-22(35)10-9-19-24(23-20(27)3-2-4-21(23)28)31-26(32-25(19)34)30-17-5-7-18(8-6-17)33-13-11-29-12-14-33/h2-10,29H,11-16H2,1H3,(H,30,31,32). The molecule has 0 radical (unpaired) electrons. The van der Waals surface area contributed by atoms with Crippen molar-refractivity contribution in [2.24, 2.45) is 0 Å². The van der Waals surface area contributed by atoms with Crippen LogP contribution in [0.15, 0.2) is 59.4 Å². The van der Waals surface area contributed by atoms with Crippen LogP contribution in [0.25, 0.3) is 22.3 Å². The highest BCUT2D eigenvalue weighted by Gasteiger charge is 2.19. The van der Waals surface area contributed by atoms with Gasteiger partial charge >= 0.3 is 0 Å². The topological polar surface area (TPSA) is 93.5 Å². The number of aromatic nitrogens is 3. The molecule has 5 rings (SSSR count). The number of fused-ring (bicyclic) bond motifs is 1. The van der Waals surface area contributed by atoms with E-state index >= 15 is 0 Å². The SMILES string of the molecule is COCCOn1c(=O)ccc2c(-c3c(Cl)cccc3Cl)nc(Nc3ccc(N4CCNCC4)cc3)nc21. The van der Waals surface area contributed by atoms with Gasteiger partial charge in [0.2, 0.25) is 5.95 Å². The lowest BCUT2D eigenvalue weighted by Gasteiger charge is -2.29. The van der Waals surface area contributed by atoms with Gasteiger partial charge in [0.05, 0.1) is 22.3 Å². The summed E-state index contributed by atoms with van der Waals surface area (Å²) in [6.45, 7) is 4.32. The van der Waals surface area contributed by atoms with E-state index in [1.807, 2.05) is 12.1 Å². The van der Waals surface area contributed by atoms with Crippen LogP contribution in [0.1, 0.15) is 0 Å². The number of halogens is 2. The third-order valence-corrected chi connectivity index (χ3v) is 6.65. The average molecular weight is 541 g/mol. The molecule has 37 heavy (non-hydrogen) atoms. The number of benzene rings is 2. The zero-order valence-electron chi connectivity index (χ0n) is 20.2. The molecule has 2 aromatic carbocycles. The normalized spacial score (nSPS) is 13.6.